The molecule has 0 aliphatic heterocycles. The third-order valence-electron chi connectivity index (χ3n) is 3.05. The van der Waals surface area contributed by atoms with Gasteiger partial charge in [-0.15, -0.1) is 0 Å². The minimum atomic E-state index is -3.78. The van der Waals surface area contributed by atoms with E-state index in [1.165, 1.54) is 12.1 Å². The Hall–Kier alpha value is -2.56. The van der Waals surface area contributed by atoms with Gasteiger partial charge in [0, 0.05) is 12.7 Å². The first-order valence-electron chi connectivity index (χ1n) is 5.99. The highest BCUT2D eigenvalue weighted by molar-refractivity contribution is 7.89. The zero-order valence-corrected chi connectivity index (χ0v) is 12.1. The molecule has 0 aliphatic carbocycles. The molecule has 2 aromatic rings. The number of sulfonamides is 1. The molecule has 0 spiro atoms. The summed E-state index contributed by atoms with van der Waals surface area (Å²) in [7, 11) is -2.01. The van der Waals surface area contributed by atoms with E-state index in [1.54, 1.807) is 36.2 Å². The predicted molar refractivity (Wildman–Crippen MR) is 81.4 cm³/mol. The number of rotatable bonds is 3. The van der Waals surface area contributed by atoms with E-state index in [1.807, 2.05) is 6.07 Å². The summed E-state index contributed by atoms with van der Waals surface area (Å²) in [4.78, 5) is 1.73. The van der Waals surface area contributed by atoms with Crippen LogP contribution in [-0.4, -0.2) is 15.5 Å². The summed E-state index contributed by atoms with van der Waals surface area (Å²) in [6.45, 7) is 0. The molecule has 21 heavy (non-hydrogen) atoms. The van der Waals surface area contributed by atoms with E-state index in [0.717, 1.165) is 5.69 Å². The number of benzene rings is 2. The molecule has 2 aromatic carbocycles. The van der Waals surface area contributed by atoms with E-state index in [2.05, 4.69) is 6.07 Å². The zero-order valence-electron chi connectivity index (χ0n) is 11.3. The highest BCUT2D eigenvalue weighted by Crippen LogP contribution is 2.30. The standard InChI is InChI=1S/C14H14N4O2S/c1-18(11-4-2-3-10(7-11)9-15)14-6-5-12(8-13(14)16)21(17,19)20/h2-8H,16H2,1H3,(H2,17,19,20). The quantitative estimate of drug-likeness (QED) is 0.835. The van der Waals surface area contributed by atoms with Crippen LogP contribution in [0.1, 0.15) is 5.56 Å². The van der Waals surface area contributed by atoms with Crippen molar-refractivity contribution in [2.24, 2.45) is 5.14 Å². The van der Waals surface area contributed by atoms with Crippen LogP contribution in [-0.2, 0) is 10.0 Å². The fourth-order valence-electron chi connectivity index (χ4n) is 1.94. The minimum Gasteiger partial charge on any atom is -0.397 e. The van der Waals surface area contributed by atoms with Crippen molar-refractivity contribution in [2.75, 3.05) is 17.7 Å². The van der Waals surface area contributed by atoms with Crippen LogP contribution in [0.2, 0.25) is 0 Å². The molecule has 0 amide bonds. The van der Waals surface area contributed by atoms with Crippen LogP contribution in [0.3, 0.4) is 0 Å². The van der Waals surface area contributed by atoms with Crippen LogP contribution < -0.4 is 15.8 Å². The largest absolute Gasteiger partial charge is 0.397 e. The Morgan fingerprint density at radius 1 is 1.19 bits per heavy atom. The van der Waals surface area contributed by atoms with Gasteiger partial charge in [-0.1, -0.05) is 6.07 Å². The molecule has 6 nitrogen and oxygen atoms in total. The van der Waals surface area contributed by atoms with Crippen molar-refractivity contribution in [1.82, 2.24) is 0 Å². The number of nitrogens with zero attached hydrogens (tertiary/aromatic N) is 2. The minimum absolute atomic E-state index is 0.0390. The lowest BCUT2D eigenvalue weighted by atomic mass is 10.2. The summed E-state index contributed by atoms with van der Waals surface area (Å²) < 4.78 is 22.6. The van der Waals surface area contributed by atoms with Crippen molar-refractivity contribution in [3.8, 4) is 6.07 Å². The number of nitrogens with two attached hydrogens (primary N) is 2. The van der Waals surface area contributed by atoms with E-state index in [9.17, 15) is 8.42 Å². The average Bonchev–Trinajstić information content (AvgIpc) is 2.45. The van der Waals surface area contributed by atoms with Crippen molar-refractivity contribution in [3.63, 3.8) is 0 Å². The lowest BCUT2D eigenvalue weighted by Gasteiger charge is -2.21. The molecule has 0 aromatic heterocycles. The molecular formula is C14H14N4O2S. The smallest absolute Gasteiger partial charge is 0.238 e. The van der Waals surface area contributed by atoms with E-state index < -0.39 is 10.0 Å². The average molecular weight is 302 g/mol. The van der Waals surface area contributed by atoms with Crippen molar-refractivity contribution >= 4 is 27.1 Å². The zero-order chi connectivity index (χ0) is 15.6. The monoisotopic (exact) mass is 302 g/mol. The molecule has 108 valence electrons. The van der Waals surface area contributed by atoms with Gasteiger partial charge < -0.3 is 10.6 Å². The van der Waals surface area contributed by atoms with E-state index >= 15 is 0 Å². The molecule has 0 radical (unpaired) electrons. The molecular weight excluding hydrogens is 288 g/mol. The normalized spacial score (nSPS) is 10.9. The van der Waals surface area contributed by atoms with Crippen molar-refractivity contribution in [3.05, 3.63) is 48.0 Å². The van der Waals surface area contributed by atoms with Gasteiger partial charge in [0.15, 0.2) is 0 Å². The number of hydrogen-bond acceptors (Lipinski definition) is 5. The van der Waals surface area contributed by atoms with Gasteiger partial charge in [-0.2, -0.15) is 5.26 Å². The second-order valence-corrected chi connectivity index (χ2v) is 6.05. The fraction of sp³-hybridized carbons (Fsp3) is 0.0714. The van der Waals surface area contributed by atoms with Crippen LogP contribution in [0.25, 0.3) is 0 Å². The fourth-order valence-corrected chi connectivity index (χ4v) is 2.49. The van der Waals surface area contributed by atoms with Crippen LogP contribution in [0.4, 0.5) is 17.1 Å². The van der Waals surface area contributed by atoms with E-state index in [0.29, 0.717) is 11.3 Å². The van der Waals surface area contributed by atoms with Gasteiger partial charge in [-0.3, -0.25) is 0 Å². The maximum atomic E-state index is 11.3. The van der Waals surface area contributed by atoms with Gasteiger partial charge >= 0.3 is 0 Å². The van der Waals surface area contributed by atoms with E-state index in [-0.39, 0.29) is 10.6 Å². The highest BCUT2D eigenvalue weighted by Gasteiger charge is 2.13. The second kappa shape index (κ2) is 5.44. The molecule has 0 saturated heterocycles. The van der Waals surface area contributed by atoms with Gasteiger partial charge in [0.2, 0.25) is 10.0 Å². The number of hydrogen-bond donors (Lipinski definition) is 2. The predicted octanol–water partition coefficient (Wildman–Crippen LogP) is 1.56. The van der Waals surface area contributed by atoms with Crippen LogP contribution in [0.15, 0.2) is 47.4 Å². The van der Waals surface area contributed by atoms with Gasteiger partial charge in [0.05, 0.1) is 27.9 Å². The lowest BCUT2D eigenvalue weighted by molar-refractivity contribution is 0.598. The Morgan fingerprint density at radius 2 is 1.90 bits per heavy atom. The first kappa shape index (κ1) is 14.8. The number of nitrogen functional groups attached to an aromatic ring is 1. The Kier molecular flexibility index (Phi) is 3.84. The Balaban J connectivity index is 2.44. The number of anilines is 3. The van der Waals surface area contributed by atoms with Gasteiger partial charge in [-0.05, 0) is 36.4 Å². The van der Waals surface area contributed by atoms with E-state index in [4.69, 9.17) is 16.1 Å². The molecule has 0 fully saturated rings. The Labute approximate surface area is 123 Å². The number of nitriles is 1. The van der Waals surface area contributed by atoms with Crippen molar-refractivity contribution in [1.29, 1.82) is 5.26 Å². The highest BCUT2D eigenvalue weighted by atomic mass is 32.2. The van der Waals surface area contributed by atoms with Crippen molar-refractivity contribution in [2.45, 2.75) is 4.90 Å². The summed E-state index contributed by atoms with van der Waals surface area (Å²) in [5, 5.41) is 14.0. The summed E-state index contributed by atoms with van der Waals surface area (Å²) >= 11 is 0. The molecule has 7 heteroatoms. The summed E-state index contributed by atoms with van der Waals surface area (Å²) in [5.41, 5.74) is 8.10. The molecule has 4 N–H and O–H groups in total. The maximum Gasteiger partial charge on any atom is 0.238 e. The van der Waals surface area contributed by atoms with Gasteiger partial charge in [0.1, 0.15) is 0 Å². The second-order valence-electron chi connectivity index (χ2n) is 4.49. The Bertz CT molecular complexity index is 825. The number of primary sulfonamides is 1. The molecule has 0 unspecified atom stereocenters. The maximum absolute atomic E-state index is 11.3. The third-order valence-corrected chi connectivity index (χ3v) is 3.96. The van der Waals surface area contributed by atoms with Crippen molar-refractivity contribution < 1.29 is 8.42 Å². The van der Waals surface area contributed by atoms with Gasteiger partial charge in [0.25, 0.3) is 0 Å². The van der Waals surface area contributed by atoms with Crippen LogP contribution in [0.5, 0.6) is 0 Å². The molecule has 0 heterocycles. The molecule has 0 bridgehead atoms. The summed E-state index contributed by atoms with van der Waals surface area (Å²) in [6, 6.07) is 13.4. The Morgan fingerprint density at radius 3 is 2.48 bits per heavy atom. The molecule has 0 aliphatic rings. The first-order chi connectivity index (χ1) is 9.82. The third kappa shape index (κ3) is 3.13. The molecule has 0 saturated carbocycles. The SMILES string of the molecule is CN(c1cccc(C#N)c1)c1ccc(S(N)(=O)=O)cc1N. The lowest BCUT2D eigenvalue weighted by Crippen LogP contribution is -2.15. The van der Waals surface area contributed by atoms with Crippen LogP contribution >= 0.6 is 0 Å². The van der Waals surface area contributed by atoms with Crippen LogP contribution in [0, 0.1) is 11.3 Å². The summed E-state index contributed by atoms with van der Waals surface area (Å²) in [5.74, 6) is 0. The first-order valence-corrected chi connectivity index (χ1v) is 7.54. The molecule has 0 atom stereocenters. The summed E-state index contributed by atoms with van der Waals surface area (Å²) in [6.07, 6.45) is 0. The van der Waals surface area contributed by atoms with Gasteiger partial charge in [-0.25, -0.2) is 13.6 Å². The molecule has 2 rings (SSSR count). The topological polar surface area (TPSA) is 113 Å².